The molecular formula is C39H72NO10P. The molecule has 0 rings (SSSR count). The molecule has 3 unspecified atom stereocenters. The van der Waals surface area contributed by atoms with Crippen LogP contribution >= 0.6 is 7.82 Å². The third-order valence-corrected chi connectivity index (χ3v) is 9.44. The Labute approximate surface area is 309 Å². The first-order chi connectivity index (χ1) is 24.6. The molecular weight excluding hydrogens is 673 g/mol. The summed E-state index contributed by atoms with van der Waals surface area (Å²) in [5.74, 6) is -2.38. The van der Waals surface area contributed by atoms with Gasteiger partial charge in [-0.05, 0) is 44.9 Å². The number of carboxylic acids is 1. The topological polar surface area (TPSA) is 169 Å². The van der Waals surface area contributed by atoms with E-state index in [1.807, 2.05) is 0 Å². The molecule has 0 fully saturated rings. The second-order valence-corrected chi connectivity index (χ2v) is 14.9. The molecule has 0 saturated carbocycles. The maximum atomic E-state index is 12.2. The van der Waals surface area contributed by atoms with Crippen LogP contribution in [0.5, 0.6) is 0 Å². The van der Waals surface area contributed by atoms with E-state index in [1.165, 1.54) is 83.5 Å². The van der Waals surface area contributed by atoms with Crippen molar-refractivity contribution in [2.24, 2.45) is 0 Å². The molecule has 11 nitrogen and oxygen atoms in total. The number of hydrogen-bond acceptors (Lipinski definition) is 8. The van der Waals surface area contributed by atoms with Crippen molar-refractivity contribution in [2.45, 2.75) is 187 Å². The van der Waals surface area contributed by atoms with Crippen LogP contribution in [0.25, 0.3) is 0 Å². The van der Waals surface area contributed by atoms with Crippen molar-refractivity contribution in [3.63, 3.8) is 0 Å². The van der Waals surface area contributed by atoms with Crippen LogP contribution in [0.4, 0.5) is 0 Å². The molecule has 3 atom stereocenters. The van der Waals surface area contributed by atoms with Crippen molar-refractivity contribution in [1.82, 2.24) is 5.32 Å². The SMILES string of the molecule is CCCCC/C=C\C/C=C\CCCCCCCCCCCC(=O)OCC(O)COP(=O)(O)OCC(NC(=O)CCCCCCCCCC)C(=O)O. The zero-order valence-electron chi connectivity index (χ0n) is 31.9. The number of unbranched alkanes of at least 4 members (excludes halogenated alkanes) is 19. The summed E-state index contributed by atoms with van der Waals surface area (Å²) in [4.78, 5) is 45.6. The van der Waals surface area contributed by atoms with Gasteiger partial charge in [0.1, 0.15) is 12.7 Å². The van der Waals surface area contributed by atoms with Crippen molar-refractivity contribution in [2.75, 3.05) is 19.8 Å². The molecule has 0 aromatic heterocycles. The highest BCUT2D eigenvalue weighted by Gasteiger charge is 2.28. The first-order valence-electron chi connectivity index (χ1n) is 19.9. The van der Waals surface area contributed by atoms with Crippen LogP contribution in [0.2, 0.25) is 0 Å². The van der Waals surface area contributed by atoms with E-state index in [0.717, 1.165) is 51.4 Å². The fourth-order valence-corrected chi connectivity index (χ4v) is 6.12. The molecule has 298 valence electrons. The van der Waals surface area contributed by atoms with Gasteiger partial charge >= 0.3 is 19.8 Å². The van der Waals surface area contributed by atoms with E-state index in [9.17, 15) is 34.1 Å². The maximum absolute atomic E-state index is 12.2. The summed E-state index contributed by atoms with van der Waals surface area (Å²) in [7, 11) is -4.74. The van der Waals surface area contributed by atoms with E-state index < -0.39 is 57.6 Å². The molecule has 0 bridgehead atoms. The number of esters is 1. The molecule has 0 aliphatic carbocycles. The van der Waals surface area contributed by atoms with Crippen LogP contribution in [0.1, 0.15) is 174 Å². The van der Waals surface area contributed by atoms with Gasteiger partial charge in [0.05, 0.1) is 13.2 Å². The molecule has 0 aromatic rings. The van der Waals surface area contributed by atoms with Crippen molar-refractivity contribution in [1.29, 1.82) is 0 Å². The number of allylic oxidation sites excluding steroid dienone is 4. The number of amides is 1. The lowest BCUT2D eigenvalue weighted by Crippen LogP contribution is -2.43. The lowest BCUT2D eigenvalue weighted by atomic mass is 10.1. The van der Waals surface area contributed by atoms with Crippen LogP contribution in [0, 0.1) is 0 Å². The van der Waals surface area contributed by atoms with Gasteiger partial charge in [0.25, 0.3) is 0 Å². The Balaban J connectivity index is 3.87. The number of aliphatic carboxylic acids is 1. The van der Waals surface area contributed by atoms with Crippen LogP contribution in [-0.4, -0.2) is 64.9 Å². The van der Waals surface area contributed by atoms with Gasteiger partial charge in [0.15, 0.2) is 6.04 Å². The molecule has 12 heteroatoms. The zero-order chi connectivity index (χ0) is 37.8. The second kappa shape index (κ2) is 35.0. The number of aliphatic hydroxyl groups is 1. The average Bonchev–Trinajstić information content (AvgIpc) is 3.10. The number of phosphoric ester groups is 1. The summed E-state index contributed by atoms with van der Waals surface area (Å²) in [6.07, 6.45) is 33.7. The van der Waals surface area contributed by atoms with E-state index in [1.54, 1.807) is 0 Å². The smallest absolute Gasteiger partial charge is 0.472 e. The lowest BCUT2D eigenvalue weighted by molar-refractivity contribution is -0.147. The zero-order valence-corrected chi connectivity index (χ0v) is 32.8. The Kier molecular flexibility index (Phi) is 33.6. The quantitative estimate of drug-likeness (QED) is 0.0208. The van der Waals surface area contributed by atoms with Crippen LogP contribution < -0.4 is 5.32 Å². The summed E-state index contributed by atoms with van der Waals surface area (Å²) in [5.41, 5.74) is 0. The van der Waals surface area contributed by atoms with Crippen LogP contribution in [0.3, 0.4) is 0 Å². The summed E-state index contributed by atoms with van der Waals surface area (Å²) in [6.45, 7) is 2.50. The third-order valence-electron chi connectivity index (χ3n) is 8.49. The monoisotopic (exact) mass is 745 g/mol. The Morgan fingerprint density at radius 3 is 1.63 bits per heavy atom. The van der Waals surface area contributed by atoms with Gasteiger partial charge in [-0.2, -0.15) is 0 Å². The molecule has 51 heavy (non-hydrogen) atoms. The predicted molar refractivity (Wildman–Crippen MR) is 203 cm³/mol. The molecule has 0 aliphatic heterocycles. The number of nitrogens with one attached hydrogen (secondary N) is 1. The van der Waals surface area contributed by atoms with Gasteiger partial charge in [-0.3, -0.25) is 18.6 Å². The Morgan fingerprint density at radius 2 is 1.08 bits per heavy atom. The van der Waals surface area contributed by atoms with Crippen molar-refractivity contribution in [3.8, 4) is 0 Å². The number of aliphatic hydroxyl groups excluding tert-OH is 1. The maximum Gasteiger partial charge on any atom is 0.472 e. The highest BCUT2D eigenvalue weighted by Crippen LogP contribution is 2.43. The van der Waals surface area contributed by atoms with Gasteiger partial charge < -0.3 is 25.2 Å². The number of carboxylic acid groups (broad SMARTS) is 1. The fraction of sp³-hybridized carbons (Fsp3) is 0.821. The third kappa shape index (κ3) is 34.8. The lowest BCUT2D eigenvalue weighted by Gasteiger charge is -2.18. The molecule has 0 radical (unpaired) electrons. The summed E-state index contributed by atoms with van der Waals surface area (Å²) < 4.78 is 26.7. The summed E-state index contributed by atoms with van der Waals surface area (Å²) in [5, 5.41) is 21.7. The van der Waals surface area contributed by atoms with Gasteiger partial charge in [0, 0.05) is 12.8 Å². The van der Waals surface area contributed by atoms with E-state index in [0.29, 0.717) is 12.8 Å². The molecule has 0 aliphatic rings. The largest absolute Gasteiger partial charge is 0.480 e. The first kappa shape index (κ1) is 49.0. The fourth-order valence-electron chi connectivity index (χ4n) is 5.34. The van der Waals surface area contributed by atoms with Gasteiger partial charge in [0.2, 0.25) is 5.91 Å². The molecule has 1 amide bonds. The summed E-state index contributed by atoms with van der Waals surface area (Å²) in [6, 6.07) is -1.54. The molecule has 0 aromatic carbocycles. The molecule has 0 saturated heterocycles. The number of hydrogen-bond donors (Lipinski definition) is 4. The molecule has 0 heterocycles. The van der Waals surface area contributed by atoms with Crippen molar-refractivity contribution in [3.05, 3.63) is 24.3 Å². The minimum absolute atomic E-state index is 0.147. The van der Waals surface area contributed by atoms with Crippen molar-refractivity contribution >= 4 is 25.7 Å². The number of rotatable bonds is 37. The van der Waals surface area contributed by atoms with Crippen LogP contribution in [-0.2, 0) is 32.7 Å². The minimum atomic E-state index is -4.74. The standard InChI is InChI=1S/C39H72NO10P/c1-3-5-7-9-11-13-14-15-16-17-18-19-20-21-22-23-25-27-29-31-38(43)48-32-35(41)33-49-51(46,47)50-34-36(39(44)45)40-37(42)30-28-26-24-12-10-8-6-4-2/h11,13,15-16,35-36,41H,3-10,12,14,17-34H2,1-2H3,(H,40,42)(H,44,45)(H,46,47)/b13-11-,16-15-. The number of carbonyl (C=O) groups excluding carboxylic acids is 2. The van der Waals surface area contributed by atoms with Gasteiger partial charge in [-0.1, -0.05) is 141 Å². The number of ether oxygens (including phenoxy) is 1. The van der Waals surface area contributed by atoms with Crippen molar-refractivity contribution < 1.29 is 47.8 Å². The van der Waals surface area contributed by atoms with E-state index >= 15 is 0 Å². The second-order valence-electron chi connectivity index (χ2n) is 13.5. The Bertz CT molecular complexity index is 974. The highest BCUT2D eigenvalue weighted by molar-refractivity contribution is 7.47. The van der Waals surface area contributed by atoms with Gasteiger partial charge in [-0.25, -0.2) is 9.36 Å². The summed E-state index contributed by atoms with van der Waals surface area (Å²) >= 11 is 0. The highest BCUT2D eigenvalue weighted by atomic mass is 31.2. The van der Waals surface area contributed by atoms with Gasteiger partial charge in [-0.15, -0.1) is 0 Å². The minimum Gasteiger partial charge on any atom is -0.480 e. The molecule has 4 N–H and O–H groups in total. The Hall–Kier alpha value is -2.04. The van der Waals surface area contributed by atoms with E-state index in [2.05, 4.69) is 43.5 Å². The normalized spacial score (nSPS) is 14.1. The van der Waals surface area contributed by atoms with E-state index in [-0.39, 0.29) is 12.8 Å². The number of carbonyl (C=O) groups is 3. The van der Waals surface area contributed by atoms with E-state index in [4.69, 9.17) is 13.8 Å². The average molecular weight is 746 g/mol. The first-order valence-corrected chi connectivity index (χ1v) is 21.4. The number of phosphoric acid groups is 1. The predicted octanol–water partition coefficient (Wildman–Crippen LogP) is 9.50. The van der Waals surface area contributed by atoms with Crippen LogP contribution in [0.15, 0.2) is 24.3 Å². The Morgan fingerprint density at radius 1 is 0.627 bits per heavy atom. The molecule has 0 spiro atoms.